The lowest BCUT2D eigenvalue weighted by Crippen LogP contribution is -2.30. The van der Waals surface area contributed by atoms with Gasteiger partial charge in [0, 0.05) is 5.56 Å². The zero-order valence-electron chi connectivity index (χ0n) is 13.3. The van der Waals surface area contributed by atoms with E-state index in [1.807, 2.05) is 5.32 Å². The van der Waals surface area contributed by atoms with E-state index in [2.05, 4.69) is 4.74 Å². The third kappa shape index (κ3) is 4.18. The van der Waals surface area contributed by atoms with Crippen LogP contribution in [0.2, 0.25) is 0 Å². The first-order valence-electron chi connectivity index (χ1n) is 7.07. The number of benzene rings is 2. The molecule has 0 aromatic heterocycles. The topological polar surface area (TPSA) is 92.7 Å². The molecule has 0 saturated heterocycles. The van der Waals surface area contributed by atoms with Gasteiger partial charge in [-0.15, -0.1) is 0 Å². The number of hydrogen-bond donors (Lipinski definition) is 2. The molecule has 0 heterocycles. The second-order valence-corrected chi connectivity index (χ2v) is 5.08. The fourth-order valence-electron chi connectivity index (χ4n) is 2.02. The van der Waals surface area contributed by atoms with Crippen molar-refractivity contribution < 1.29 is 37.4 Å². The number of amides is 2. The van der Waals surface area contributed by atoms with Gasteiger partial charge in [-0.05, 0) is 42.5 Å². The van der Waals surface area contributed by atoms with Crippen molar-refractivity contribution >= 4 is 17.8 Å². The van der Waals surface area contributed by atoms with Gasteiger partial charge in [-0.2, -0.15) is 13.2 Å². The number of carbonyl (C=O) groups excluding carboxylic acids is 3. The van der Waals surface area contributed by atoms with Crippen LogP contribution in [0.25, 0.3) is 0 Å². The number of aromatic hydroxyl groups is 1. The summed E-state index contributed by atoms with van der Waals surface area (Å²) < 4.78 is 42.1. The minimum absolute atomic E-state index is 0.0254. The Morgan fingerprint density at radius 1 is 0.962 bits per heavy atom. The fraction of sp³-hybridized carbons (Fsp3) is 0.118. The molecule has 0 spiro atoms. The molecular weight excluding hydrogens is 355 g/mol. The van der Waals surface area contributed by atoms with Gasteiger partial charge in [0.2, 0.25) is 0 Å². The molecule has 2 aromatic carbocycles. The molecule has 9 heteroatoms. The van der Waals surface area contributed by atoms with Gasteiger partial charge >= 0.3 is 12.1 Å². The zero-order chi connectivity index (χ0) is 19.5. The molecule has 2 amide bonds. The highest BCUT2D eigenvalue weighted by molar-refractivity contribution is 6.11. The largest absolute Gasteiger partial charge is 0.507 e. The molecule has 136 valence electrons. The Morgan fingerprint density at radius 3 is 2.04 bits per heavy atom. The minimum atomic E-state index is -4.68. The van der Waals surface area contributed by atoms with Gasteiger partial charge in [0.1, 0.15) is 5.75 Å². The number of carbonyl (C=O) groups is 3. The predicted molar refractivity (Wildman–Crippen MR) is 82.7 cm³/mol. The lowest BCUT2D eigenvalue weighted by Gasteiger charge is -2.10. The van der Waals surface area contributed by atoms with Crippen molar-refractivity contribution in [3.8, 4) is 5.75 Å². The van der Waals surface area contributed by atoms with Crippen LogP contribution >= 0.6 is 0 Å². The number of alkyl halides is 3. The van der Waals surface area contributed by atoms with Gasteiger partial charge in [-0.1, -0.05) is 0 Å². The molecule has 0 unspecified atom stereocenters. The van der Waals surface area contributed by atoms with Crippen molar-refractivity contribution in [3.05, 3.63) is 64.7 Å². The SMILES string of the molecule is COC(=O)c1ccc(C(=O)NC(=O)c2ccc(C(F)(F)F)cc2O)cc1. The number of methoxy groups -OCH3 is 1. The Hall–Kier alpha value is -3.36. The summed E-state index contributed by atoms with van der Waals surface area (Å²) in [4.78, 5) is 35.3. The number of nitrogens with one attached hydrogen (secondary N) is 1. The minimum Gasteiger partial charge on any atom is -0.507 e. The molecule has 0 radical (unpaired) electrons. The van der Waals surface area contributed by atoms with Gasteiger partial charge in [0.25, 0.3) is 11.8 Å². The van der Waals surface area contributed by atoms with Crippen molar-refractivity contribution in [2.45, 2.75) is 6.18 Å². The smallest absolute Gasteiger partial charge is 0.416 e. The molecule has 2 aromatic rings. The summed E-state index contributed by atoms with van der Waals surface area (Å²) in [6.07, 6.45) is -4.68. The summed E-state index contributed by atoms with van der Waals surface area (Å²) in [6, 6.07) is 6.92. The van der Waals surface area contributed by atoms with E-state index in [0.29, 0.717) is 12.1 Å². The average Bonchev–Trinajstić information content (AvgIpc) is 2.60. The van der Waals surface area contributed by atoms with E-state index in [1.54, 1.807) is 0 Å². The molecule has 0 fully saturated rings. The van der Waals surface area contributed by atoms with Gasteiger partial charge in [0.05, 0.1) is 23.8 Å². The van der Waals surface area contributed by atoms with Gasteiger partial charge < -0.3 is 9.84 Å². The summed E-state index contributed by atoms with van der Waals surface area (Å²) in [6.45, 7) is 0. The second-order valence-electron chi connectivity index (χ2n) is 5.08. The Bertz CT molecular complexity index is 860. The number of hydrogen-bond acceptors (Lipinski definition) is 5. The molecule has 2 rings (SSSR count). The third-order valence-electron chi connectivity index (χ3n) is 3.36. The molecule has 0 aliphatic carbocycles. The van der Waals surface area contributed by atoms with E-state index < -0.39 is 40.8 Å². The van der Waals surface area contributed by atoms with E-state index in [-0.39, 0.29) is 11.1 Å². The maximum Gasteiger partial charge on any atom is 0.416 e. The number of imide groups is 1. The van der Waals surface area contributed by atoms with Crippen LogP contribution in [0, 0.1) is 0 Å². The predicted octanol–water partition coefficient (Wildman–Crippen LogP) is 2.77. The summed E-state index contributed by atoms with van der Waals surface area (Å²) in [7, 11) is 1.19. The highest BCUT2D eigenvalue weighted by Gasteiger charge is 2.31. The van der Waals surface area contributed by atoms with E-state index >= 15 is 0 Å². The first-order valence-corrected chi connectivity index (χ1v) is 7.07. The van der Waals surface area contributed by atoms with E-state index in [9.17, 15) is 32.7 Å². The maximum absolute atomic E-state index is 12.5. The monoisotopic (exact) mass is 367 g/mol. The van der Waals surface area contributed by atoms with Crippen LogP contribution in [-0.2, 0) is 10.9 Å². The molecule has 0 bridgehead atoms. The van der Waals surface area contributed by atoms with E-state index in [1.165, 1.54) is 31.4 Å². The van der Waals surface area contributed by atoms with Crippen LogP contribution in [0.15, 0.2) is 42.5 Å². The van der Waals surface area contributed by atoms with Crippen molar-refractivity contribution in [1.82, 2.24) is 5.32 Å². The number of ether oxygens (including phenoxy) is 1. The highest BCUT2D eigenvalue weighted by atomic mass is 19.4. The molecule has 26 heavy (non-hydrogen) atoms. The first-order chi connectivity index (χ1) is 12.1. The first kappa shape index (κ1) is 19.0. The van der Waals surface area contributed by atoms with Crippen molar-refractivity contribution in [2.75, 3.05) is 7.11 Å². The Labute approximate surface area is 145 Å². The van der Waals surface area contributed by atoms with Crippen LogP contribution < -0.4 is 5.32 Å². The molecule has 0 atom stereocenters. The number of phenols is 1. The summed E-state index contributed by atoms with van der Waals surface area (Å²) in [5.41, 5.74) is -1.40. The average molecular weight is 367 g/mol. The Morgan fingerprint density at radius 2 is 1.54 bits per heavy atom. The zero-order valence-corrected chi connectivity index (χ0v) is 13.3. The Balaban J connectivity index is 2.14. The van der Waals surface area contributed by atoms with E-state index in [4.69, 9.17) is 0 Å². The standard InChI is InChI=1S/C17H12F3NO5/c1-26-16(25)10-4-2-9(3-5-10)14(23)21-15(24)12-7-6-11(8-13(12)22)17(18,19)20/h2-8,22H,1H3,(H,21,23,24). The third-order valence-corrected chi connectivity index (χ3v) is 3.36. The lowest BCUT2D eigenvalue weighted by atomic mass is 10.1. The normalized spacial score (nSPS) is 10.9. The van der Waals surface area contributed by atoms with E-state index in [0.717, 1.165) is 6.07 Å². The molecule has 0 aliphatic heterocycles. The molecular formula is C17H12F3NO5. The van der Waals surface area contributed by atoms with Gasteiger partial charge in [-0.25, -0.2) is 4.79 Å². The van der Waals surface area contributed by atoms with Gasteiger partial charge in [-0.3, -0.25) is 14.9 Å². The van der Waals surface area contributed by atoms with Crippen LogP contribution in [0.3, 0.4) is 0 Å². The van der Waals surface area contributed by atoms with Crippen LogP contribution in [0.1, 0.15) is 36.6 Å². The van der Waals surface area contributed by atoms with Crippen LogP contribution in [0.4, 0.5) is 13.2 Å². The highest BCUT2D eigenvalue weighted by Crippen LogP contribution is 2.32. The van der Waals surface area contributed by atoms with Crippen molar-refractivity contribution in [2.24, 2.45) is 0 Å². The number of esters is 1. The van der Waals surface area contributed by atoms with Crippen LogP contribution in [0.5, 0.6) is 5.75 Å². The Kier molecular flexibility index (Phi) is 5.30. The fourth-order valence-corrected chi connectivity index (χ4v) is 2.02. The maximum atomic E-state index is 12.5. The van der Waals surface area contributed by atoms with Crippen LogP contribution in [-0.4, -0.2) is 30.0 Å². The molecule has 0 saturated carbocycles. The molecule has 6 nitrogen and oxygen atoms in total. The quantitative estimate of drug-likeness (QED) is 0.643. The number of rotatable bonds is 3. The summed E-state index contributed by atoms with van der Waals surface area (Å²) in [5.74, 6) is -3.45. The molecule has 2 N–H and O–H groups in total. The number of halogens is 3. The van der Waals surface area contributed by atoms with Crippen molar-refractivity contribution in [3.63, 3.8) is 0 Å². The summed E-state index contributed by atoms with van der Waals surface area (Å²) in [5, 5.41) is 11.5. The number of phenolic OH excluding ortho intramolecular Hbond substituents is 1. The lowest BCUT2D eigenvalue weighted by molar-refractivity contribution is -0.137. The molecule has 0 aliphatic rings. The van der Waals surface area contributed by atoms with Crippen molar-refractivity contribution in [1.29, 1.82) is 0 Å². The van der Waals surface area contributed by atoms with Gasteiger partial charge in [0.15, 0.2) is 0 Å². The second kappa shape index (κ2) is 7.26. The summed E-state index contributed by atoms with van der Waals surface area (Å²) >= 11 is 0.